The van der Waals surface area contributed by atoms with Gasteiger partial charge in [0.15, 0.2) is 0 Å². The molecule has 8 heavy (non-hydrogen) atoms. The van der Waals surface area contributed by atoms with Crippen LogP contribution in [0.4, 0.5) is 0 Å². The molecule has 0 unspecified atom stereocenters. The summed E-state index contributed by atoms with van der Waals surface area (Å²) in [4.78, 5) is 18.8. The van der Waals surface area contributed by atoms with Gasteiger partial charge in [-0.05, 0) is 0 Å². The second-order valence-electron chi connectivity index (χ2n) is 0.706. The molecule has 0 amide bonds. The summed E-state index contributed by atoms with van der Waals surface area (Å²) >= 11 is 0. The van der Waals surface area contributed by atoms with Crippen molar-refractivity contribution in [3.63, 3.8) is 0 Å². The van der Waals surface area contributed by atoms with Gasteiger partial charge in [0.05, 0.1) is 0 Å². The topological polar surface area (TPSA) is 43.4 Å². The molecule has 0 radical (unpaired) electrons. The van der Waals surface area contributed by atoms with E-state index in [-0.39, 0.29) is 65.6 Å². The number of hydrogen-bond donors (Lipinski definition) is 0. The number of carbonyl (C=O) groups is 2. The van der Waals surface area contributed by atoms with Crippen molar-refractivity contribution < 1.29 is 14.3 Å². The predicted octanol–water partition coefficient (Wildman–Crippen LogP) is -1.59. The molecule has 0 aromatic carbocycles. The van der Waals surface area contributed by atoms with Gasteiger partial charge in [-0.1, -0.05) is 0 Å². The van der Waals surface area contributed by atoms with E-state index in [1.807, 2.05) is 0 Å². The second-order valence-corrected chi connectivity index (χ2v) is 0.706. The molecule has 0 aromatic heterocycles. The van der Waals surface area contributed by atoms with Crippen molar-refractivity contribution in [1.82, 2.24) is 0 Å². The van der Waals surface area contributed by atoms with Crippen LogP contribution < -0.4 is 0 Å². The van der Waals surface area contributed by atoms with Crippen LogP contribution >= 0.6 is 0 Å². The van der Waals surface area contributed by atoms with Gasteiger partial charge in [0.1, 0.15) is 0 Å². The van der Waals surface area contributed by atoms with Crippen LogP contribution in [0.2, 0.25) is 0 Å². The van der Waals surface area contributed by atoms with Gasteiger partial charge >= 0.3 is 71.6 Å². The van der Waals surface area contributed by atoms with Crippen LogP contribution in [-0.4, -0.2) is 71.6 Å². The van der Waals surface area contributed by atoms with Crippen molar-refractivity contribution in [2.75, 3.05) is 0 Å². The molecule has 3 nitrogen and oxygen atoms in total. The summed E-state index contributed by atoms with van der Waals surface area (Å²) in [7, 11) is 0. The molecular formula is C3H6Na2O3. The summed E-state index contributed by atoms with van der Waals surface area (Å²) in [5.41, 5.74) is 0. The quantitative estimate of drug-likeness (QED) is 0.189. The van der Waals surface area contributed by atoms with Gasteiger partial charge in [-0.25, -0.2) is 0 Å². The third-order valence-electron chi connectivity index (χ3n) is 0.214. The summed E-state index contributed by atoms with van der Waals surface area (Å²) in [5, 5.41) is 0. The first-order valence-corrected chi connectivity index (χ1v) is 1.38. The Bertz CT molecular complexity index is 72.9. The minimum atomic E-state index is -0.579. The third kappa shape index (κ3) is 15.7. The van der Waals surface area contributed by atoms with Crippen LogP contribution in [0.15, 0.2) is 0 Å². The van der Waals surface area contributed by atoms with E-state index in [1.165, 1.54) is 0 Å². The molecule has 5 heteroatoms. The molecule has 0 N–H and O–H groups in total. The molecule has 0 aliphatic heterocycles. The fourth-order valence-electron chi connectivity index (χ4n) is 0.0678. The van der Waals surface area contributed by atoms with E-state index in [2.05, 4.69) is 4.74 Å². The Hall–Kier alpha value is 1.14. The van der Waals surface area contributed by atoms with Crippen LogP contribution in [0.1, 0.15) is 6.92 Å². The zero-order valence-electron chi connectivity index (χ0n) is 3.30. The molecular weight excluding hydrogens is 130 g/mol. The van der Waals surface area contributed by atoms with Gasteiger partial charge in [-0.2, -0.15) is 0 Å². The Balaban J connectivity index is -0.000000125. The van der Waals surface area contributed by atoms with E-state index in [9.17, 15) is 9.59 Å². The first-order chi connectivity index (χ1) is 2.77. The normalized spacial score (nSPS) is 5.12. The van der Waals surface area contributed by atoms with Crippen molar-refractivity contribution in [1.29, 1.82) is 0 Å². The molecule has 0 spiro atoms. The molecule has 0 saturated heterocycles. The fraction of sp³-hybridized carbons (Fsp3) is 0.333. The maximum absolute atomic E-state index is 9.59. The first kappa shape index (κ1) is 16.1. The monoisotopic (exact) mass is 136 g/mol. The van der Waals surface area contributed by atoms with E-state index < -0.39 is 5.97 Å². The Morgan fingerprint density at radius 3 is 1.88 bits per heavy atom. The average molecular weight is 136 g/mol. The fourth-order valence-corrected chi connectivity index (χ4v) is 0.0678. The standard InChI is InChI=1S/C3H4O3.2Na.2H/c1-3(5)6-2-4;;;;/h2H,1H3;;;;. The molecule has 0 aliphatic rings. The van der Waals surface area contributed by atoms with Crippen molar-refractivity contribution in [2.45, 2.75) is 6.92 Å². The van der Waals surface area contributed by atoms with Gasteiger partial charge in [-0.3, -0.25) is 9.59 Å². The zero-order chi connectivity index (χ0) is 4.99. The van der Waals surface area contributed by atoms with Crippen molar-refractivity contribution in [3.8, 4) is 0 Å². The minimum absolute atomic E-state index is 0. The number of carbonyl (C=O) groups excluding carboxylic acids is 2. The van der Waals surface area contributed by atoms with Crippen LogP contribution in [0.3, 0.4) is 0 Å². The summed E-state index contributed by atoms with van der Waals surface area (Å²) < 4.78 is 3.72. The molecule has 0 atom stereocenters. The van der Waals surface area contributed by atoms with Gasteiger partial charge in [0, 0.05) is 6.92 Å². The molecule has 0 rings (SSSR count). The molecule has 0 aliphatic carbocycles. The summed E-state index contributed by atoms with van der Waals surface area (Å²) in [6.45, 7) is 1.26. The molecule has 38 valence electrons. The molecule has 0 bridgehead atoms. The van der Waals surface area contributed by atoms with Crippen LogP contribution in [0, 0.1) is 0 Å². The van der Waals surface area contributed by atoms with E-state index in [4.69, 9.17) is 0 Å². The number of ether oxygens (including phenoxy) is 1. The molecule has 0 saturated carbocycles. The molecule has 0 heterocycles. The van der Waals surface area contributed by atoms with Crippen molar-refractivity contribution in [2.24, 2.45) is 0 Å². The van der Waals surface area contributed by atoms with E-state index in [0.29, 0.717) is 0 Å². The van der Waals surface area contributed by atoms with E-state index in [1.54, 1.807) is 0 Å². The van der Waals surface area contributed by atoms with Crippen LogP contribution in [0.5, 0.6) is 0 Å². The maximum atomic E-state index is 9.59. The second kappa shape index (κ2) is 11.0. The number of hydrogen-bond acceptors (Lipinski definition) is 3. The summed E-state index contributed by atoms with van der Waals surface area (Å²) in [5.74, 6) is -0.579. The molecule has 0 fully saturated rings. The zero-order valence-corrected chi connectivity index (χ0v) is 3.30. The third-order valence-corrected chi connectivity index (χ3v) is 0.214. The first-order valence-electron chi connectivity index (χ1n) is 1.38. The molecule has 0 aromatic rings. The van der Waals surface area contributed by atoms with Crippen molar-refractivity contribution in [3.05, 3.63) is 0 Å². The average Bonchev–Trinajstić information content (AvgIpc) is 1.35. The number of rotatable bonds is 1. The Kier molecular flexibility index (Phi) is 22.1. The van der Waals surface area contributed by atoms with E-state index >= 15 is 0 Å². The van der Waals surface area contributed by atoms with Gasteiger partial charge in [-0.15, -0.1) is 0 Å². The van der Waals surface area contributed by atoms with Crippen LogP contribution in [-0.2, 0) is 14.3 Å². The Morgan fingerprint density at radius 1 is 1.50 bits per heavy atom. The van der Waals surface area contributed by atoms with Gasteiger partial charge in [0.25, 0.3) is 0 Å². The Labute approximate surface area is 91.7 Å². The summed E-state index contributed by atoms with van der Waals surface area (Å²) in [6.07, 6.45) is 0. The summed E-state index contributed by atoms with van der Waals surface area (Å²) in [6, 6.07) is 0. The van der Waals surface area contributed by atoms with Gasteiger partial charge < -0.3 is 4.74 Å². The van der Waals surface area contributed by atoms with Crippen molar-refractivity contribution >= 4 is 71.6 Å². The van der Waals surface area contributed by atoms with E-state index in [0.717, 1.165) is 6.92 Å². The predicted molar refractivity (Wildman–Crippen MR) is 32.1 cm³/mol. The SMILES string of the molecule is CC(=O)OC=O.[NaH].[NaH]. The van der Waals surface area contributed by atoms with Crippen LogP contribution in [0.25, 0.3) is 0 Å². The Morgan fingerprint density at radius 2 is 1.88 bits per heavy atom. The number of esters is 1. The van der Waals surface area contributed by atoms with Gasteiger partial charge in [0.2, 0.25) is 0 Å².